The fourth-order valence-electron chi connectivity index (χ4n) is 1.49. The summed E-state index contributed by atoms with van der Waals surface area (Å²) < 4.78 is 0.120. The average molecular weight is 211 g/mol. The molecule has 5 nitrogen and oxygen atoms in total. The fraction of sp³-hybridized carbons (Fsp3) is 0.375. The van der Waals surface area contributed by atoms with Gasteiger partial charge < -0.3 is 10.1 Å². The Bertz CT molecular complexity index is 500. The molecule has 0 unspecified atom stereocenters. The number of hydrogen-bond acceptors (Lipinski definition) is 4. The first-order valence-electron chi connectivity index (χ1n) is 4.28. The number of rotatable bonds is 1. The summed E-state index contributed by atoms with van der Waals surface area (Å²) in [6, 6.07) is 0. The maximum atomic E-state index is 11.5. The van der Waals surface area contributed by atoms with Crippen molar-refractivity contribution in [2.24, 2.45) is 4.99 Å². The molecule has 2 heterocycles. The maximum Gasteiger partial charge on any atom is 0.264 e. The molecule has 0 amide bonds. The SMILES string of the molecule is O=c1[nH]c(=S)[nH]c(O)c1C1=NCCC1. The number of nitrogens with one attached hydrogen (secondary N) is 2. The van der Waals surface area contributed by atoms with Gasteiger partial charge in [-0.15, -0.1) is 0 Å². The molecular weight excluding hydrogens is 202 g/mol. The summed E-state index contributed by atoms with van der Waals surface area (Å²) in [4.78, 5) is 20.5. The highest BCUT2D eigenvalue weighted by Gasteiger charge is 2.17. The molecule has 0 fully saturated rings. The Morgan fingerprint density at radius 3 is 2.79 bits per heavy atom. The standard InChI is InChI=1S/C8H9N3O2S/c12-6-5(4-2-1-3-9-4)7(13)11-8(14)10-6/h1-3H2,(H3,10,11,12,13,14). The fourth-order valence-corrected chi connectivity index (χ4v) is 1.68. The molecule has 74 valence electrons. The lowest BCUT2D eigenvalue weighted by molar-refractivity contribution is 0.448. The third kappa shape index (κ3) is 1.48. The van der Waals surface area contributed by atoms with E-state index in [9.17, 15) is 9.90 Å². The molecule has 0 bridgehead atoms. The molecule has 1 aromatic heterocycles. The molecule has 1 aromatic rings. The van der Waals surface area contributed by atoms with E-state index < -0.39 is 0 Å². The zero-order valence-corrected chi connectivity index (χ0v) is 8.15. The first kappa shape index (κ1) is 9.14. The molecule has 0 aliphatic carbocycles. The van der Waals surface area contributed by atoms with Crippen molar-refractivity contribution in [2.45, 2.75) is 12.8 Å². The lowest BCUT2D eigenvalue weighted by atomic mass is 10.1. The van der Waals surface area contributed by atoms with Gasteiger partial charge in [0.1, 0.15) is 5.56 Å². The van der Waals surface area contributed by atoms with E-state index in [1.807, 2.05) is 0 Å². The Morgan fingerprint density at radius 2 is 2.21 bits per heavy atom. The van der Waals surface area contributed by atoms with Crippen LogP contribution in [-0.4, -0.2) is 27.3 Å². The van der Waals surface area contributed by atoms with Gasteiger partial charge in [0.25, 0.3) is 5.56 Å². The Balaban J connectivity index is 2.63. The van der Waals surface area contributed by atoms with Gasteiger partial charge in [0, 0.05) is 6.54 Å². The molecule has 0 saturated carbocycles. The number of hydrogen-bond donors (Lipinski definition) is 3. The van der Waals surface area contributed by atoms with Crippen LogP contribution in [0.5, 0.6) is 5.88 Å². The van der Waals surface area contributed by atoms with Crippen LogP contribution >= 0.6 is 12.2 Å². The van der Waals surface area contributed by atoms with Crippen LogP contribution in [0, 0.1) is 4.77 Å². The predicted molar refractivity (Wildman–Crippen MR) is 54.6 cm³/mol. The van der Waals surface area contributed by atoms with Crippen LogP contribution in [0.2, 0.25) is 0 Å². The monoisotopic (exact) mass is 211 g/mol. The molecule has 6 heteroatoms. The minimum atomic E-state index is -0.382. The van der Waals surface area contributed by atoms with Gasteiger partial charge in [-0.2, -0.15) is 0 Å². The van der Waals surface area contributed by atoms with Gasteiger partial charge in [0.15, 0.2) is 4.77 Å². The van der Waals surface area contributed by atoms with E-state index in [-0.39, 0.29) is 21.8 Å². The van der Waals surface area contributed by atoms with Gasteiger partial charge in [0.05, 0.1) is 5.71 Å². The lowest BCUT2D eigenvalue weighted by Crippen LogP contribution is -2.18. The maximum absolute atomic E-state index is 11.5. The smallest absolute Gasteiger partial charge is 0.264 e. The topological polar surface area (TPSA) is 81.2 Å². The molecule has 0 radical (unpaired) electrons. The highest BCUT2D eigenvalue weighted by atomic mass is 32.1. The first-order valence-corrected chi connectivity index (χ1v) is 4.68. The van der Waals surface area contributed by atoms with E-state index in [1.54, 1.807) is 0 Å². The molecule has 2 rings (SSSR count). The third-order valence-electron chi connectivity index (χ3n) is 2.09. The molecule has 0 aromatic carbocycles. The molecule has 1 aliphatic rings. The zero-order valence-electron chi connectivity index (χ0n) is 7.33. The number of aromatic hydroxyl groups is 1. The molecular formula is C8H9N3O2S. The van der Waals surface area contributed by atoms with Crippen molar-refractivity contribution in [3.05, 3.63) is 20.7 Å². The van der Waals surface area contributed by atoms with E-state index in [2.05, 4.69) is 15.0 Å². The van der Waals surface area contributed by atoms with Gasteiger partial charge in [-0.1, -0.05) is 0 Å². The Hall–Kier alpha value is -1.43. The van der Waals surface area contributed by atoms with E-state index >= 15 is 0 Å². The normalized spacial score (nSPS) is 15.6. The van der Waals surface area contributed by atoms with Crippen LogP contribution in [0.4, 0.5) is 0 Å². The summed E-state index contributed by atoms with van der Waals surface area (Å²) in [5.74, 6) is -0.195. The first-order chi connectivity index (χ1) is 6.68. The van der Waals surface area contributed by atoms with Gasteiger partial charge in [-0.05, 0) is 25.1 Å². The van der Waals surface area contributed by atoms with Gasteiger partial charge in [-0.25, -0.2) is 0 Å². The third-order valence-corrected chi connectivity index (χ3v) is 2.29. The zero-order chi connectivity index (χ0) is 10.1. The predicted octanol–water partition coefficient (Wildman–Crippen LogP) is 0.721. The Labute approximate surface area is 84.5 Å². The largest absolute Gasteiger partial charge is 0.494 e. The number of aromatic amines is 2. The van der Waals surface area contributed by atoms with Crippen LogP contribution in [-0.2, 0) is 0 Å². The average Bonchev–Trinajstić information content (AvgIpc) is 2.54. The van der Waals surface area contributed by atoms with Crippen molar-refractivity contribution >= 4 is 17.9 Å². The second-order valence-electron chi connectivity index (χ2n) is 3.06. The summed E-state index contributed by atoms with van der Waals surface area (Å²) in [6.07, 6.45) is 1.64. The minimum absolute atomic E-state index is 0.120. The molecule has 3 N–H and O–H groups in total. The summed E-state index contributed by atoms with van der Waals surface area (Å²) in [6.45, 7) is 0.712. The van der Waals surface area contributed by atoms with Crippen LogP contribution in [0.1, 0.15) is 18.4 Å². The molecule has 1 aliphatic heterocycles. The lowest BCUT2D eigenvalue weighted by Gasteiger charge is -2.01. The highest BCUT2D eigenvalue weighted by molar-refractivity contribution is 7.71. The number of aliphatic imine (C=N–C) groups is 1. The van der Waals surface area contributed by atoms with E-state index in [0.29, 0.717) is 12.3 Å². The quantitative estimate of drug-likeness (QED) is 0.599. The Morgan fingerprint density at radius 1 is 1.43 bits per heavy atom. The Kier molecular flexibility index (Phi) is 2.20. The van der Waals surface area contributed by atoms with Gasteiger partial charge in [-0.3, -0.25) is 14.8 Å². The molecule has 0 saturated heterocycles. The van der Waals surface area contributed by atoms with Crippen molar-refractivity contribution in [3.8, 4) is 5.88 Å². The minimum Gasteiger partial charge on any atom is -0.494 e. The second kappa shape index (κ2) is 3.38. The molecule has 0 atom stereocenters. The highest BCUT2D eigenvalue weighted by Crippen LogP contribution is 2.15. The van der Waals surface area contributed by atoms with Crippen molar-refractivity contribution in [1.29, 1.82) is 0 Å². The summed E-state index contributed by atoms with van der Waals surface area (Å²) in [7, 11) is 0. The van der Waals surface area contributed by atoms with Crippen LogP contribution in [0.15, 0.2) is 9.79 Å². The summed E-state index contributed by atoms with van der Waals surface area (Å²) in [5.41, 5.74) is 0.484. The van der Waals surface area contributed by atoms with Crippen LogP contribution in [0.25, 0.3) is 0 Å². The van der Waals surface area contributed by atoms with Crippen molar-refractivity contribution < 1.29 is 5.11 Å². The van der Waals surface area contributed by atoms with Crippen LogP contribution < -0.4 is 5.56 Å². The van der Waals surface area contributed by atoms with Crippen molar-refractivity contribution in [1.82, 2.24) is 9.97 Å². The van der Waals surface area contributed by atoms with Gasteiger partial charge in [0.2, 0.25) is 5.88 Å². The molecule has 0 spiro atoms. The summed E-state index contributed by atoms with van der Waals surface area (Å²) >= 11 is 4.71. The van der Waals surface area contributed by atoms with E-state index in [0.717, 1.165) is 12.8 Å². The molecule has 14 heavy (non-hydrogen) atoms. The van der Waals surface area contributed by atoms with E-state index in [1.165, 1.54) is 0 Å². The van der Waals surface area contributed by atoms with Crippen LogP contribution in [0.3, 0.4) is 0 Å². The van der Waals surface area contributed by atoms with Crippen molar-refractivity contribution in [3.63, 3.8) is 0 Å². The second-order valence-corrected chi connectivity index (χ2v) is 3.47. The summed E-state index contributed by atoms with van der Waals surface area (Å²) in [5, 5.41) is 9.51. The number of nitrogens with zero attached hydrogens (tertiary/aromatic N) is 1. The van der Waals surface area contributed by atoms with Gasteiger partial charge >= 0.3 is 0 Å². The van der Waals surface area contributed by atoms with Crippen molar-refractivity contribution in [2.75, 3.05) is 6.54 Å². The number of H-pyrrole nitrogens is 2. The van der Waals surface area contributed by atoms with E-state index in [4.69, 9.17) is 12.2 Å². The number of aromatic nitrogens is 2.